The first-order chi connectivity index (χ1) is 13.1. The van der Waals surface area contributed by atoms with Gasteiger partial charge in [-0.3, -0.25) is 0 Å². The van der Waals surface area contributed by atoms with Gasteiger partial charge in [0.25, 0.3) is 0 Å². The minimum absolute atomic E-state index is 0.0220. The fourth-order valence-corrected chi connectivity index (χ4v) is 4.56. The van der Waals surface area contributed by atoms with Gasteiger partial charge < -0.3 is 9.84 Å². The summed E-state index contributed by atoms with van der Waals surface area (Å²) in [5.74, 6) is -0.210. The highest BCUT2D eigenvalue weighted by Gasteiger charge is 2.22. The average molecular weight is 382 g/mol. The van der Waals surface area contributed by atoms with E-state index in [0.717, 1.165) is 28.8 Å². The highest BCUT2D eigenvalue weighted by Crippen LogP contribution is 2.32. The first-order valence-electron chi connectivity index (χ1n) is 9.32. The number of benzene rings is 2. The third-order valence-corrected chi connectivity index (χ3v) is 6.29. The summed E-state index contributed by atoms with van der Waals surface area (Å²) >= 11 is 1.74. The van der Waals surface area contributed by atoms with Gasteiger partial charge in [0.15, 0.2) is 0 Å². The number of aliphatic hydroxyl groups is 1. The summed E-state index contributed by atoms with van der Waals surface area (Å²) in [6.45, 7) is 2.74. The summed E-state index contributed by atoms with van der Waals surface area (Å²) in [7, 11) is 0. The normalized spacial score (nSPS) is 20.0. The van der Waals surface area contributed by atoms with E-state index in [1.54, 1.807) is 11.3 Å². The van der Waals surface area contributed by atoms with E-state index in [0.29, 0.717) is 13.0 Å². The minimum atomic E-state index is -0.274. The van der Waals surface area contributed by atoms with Gasteiger partial charge in [-0.25, -0.2) is 4.39 Å². The van der Waals surface area contributed by atoms with E-state index in [1.165, 1.54) is 28.1 Å². The van der Waals surface area contributed by atoms with Crippen LogP contribution in [0.3, 0.4) is 0 Å². The lowest BCUT2D eigenvalue weighted by molar-refractivity contribution is -0.0448. The fraction of sp³-hybridized carbons (Fsp3) is 0.304. The fourth-order valence-electron chi connectivity index (χ4n) is 3.52. The highest BCUT2D eigenvalue weighted by molar-refractivity contribution is 7.15. The number of hydrogen-bond acceptors (Lipinski definition) is 3. The highest BCUT2D eigenvalue weighted by atomic mass is 32.1. The third kappa shape index (κ3) is 4.29. The molecule has 4 rings (SSSR count). The zero-order chi connectivity index (χ0) is 18.8. The molecular weight excluding hydrogens is 359 g/mol. The standard InChI is InChI=1S/C23H23FO2S/c1-15-2-3-17(22-14-20(25)10-11-26-22)12-18(15)13-21-8-9-23(27-21)16-4-6-19(24)7-5-16/h2-9,12,20,22,25H,10-11,13-14H2,1H3/t20-,22+/m0/s1. The number of ether oxygens (including phenoxy) is 1. The largest absolute Gasteiger partial charge is 0.393 e. The molecule has 2 atom stereocenters. The topological polar surface area (TPSA) is 29.5 Å². The molecule has 0 saturated carbocycles. The molecule has 0 unspecified atom stereocenters. The molecule has 4 heteroatoms. The molecule has 27 heavy (non-hydrogen) atoms. The molecule has 1 fully saturated rings. The Morgan fingerprint density at radius 2 is 1.93 bits per heavy atom. The second-order valence-corrected chi connectivity index (χ2v) is 8.34. The van der Waals surface area contributed by atoms with Crippen LogP contribution in [0.4, 0.5) is 4.39 Å². The molecule has 1 saturated heterocycles. The molecule has 1 aliphatic rings. The maximum Gasteiger partial charge on any atom is 0.123 e. The Bertz CT molecular complexity index is 916. The SMILES string of the molecule is Cc1ccc([C@H]2C[C@@H](O)CCO2)cc1Cc1ccc(-c2ccc(F)cc2)s1. The van der Waals surface area contributed by atoms with Crippen molar-refractivity contribution in [1.29, 1.82) is 0 Å². The molecule has 1 aromatic heterocycles. The molecule has 0 bridgehead atoms. The van der Waals surface area contributed by atoms with Crippen LogP contribution in [0.2, 0.25) is 0 Å². The Balaban J connectivity index is 1.54. The number of aliphatic hydroxyl groups excluding tert-OH is 1. The zero-order valence-electron chi connectivity index (χ0n) is 15.3. The van der Waals surface area contributed by atoms with Gasteiger partial charge in [-0.1, -0.05) is 30.3 Å². The van der Waals surface area contributed by atoms with Crippen LogP contribution in [-0.2, 0) is 11.2 Å². The van der Waals surface area contributed by atoms with E-state index in [1.807, 2.05) is 12.1 Å². The van der Waals surface area contributed by atoms with Crippen LogP contribution in [0.25, 0.3) is 10.4 Å². The number of aryl methyl sites for hydroxylation is 1. The van der Waals surface area contributed by atoms with Crippen molar-refractivity contribution in [3.8, 4) is 10.4 Å². The van der Waals surface area contributed by atoms with E-state index in [2.05, 4.69) is 37.3 Å². The van der Waals surface area contributed by atoms with Gasteiger partial charge >= 0.3 is 0 Å². The average Bonchev–Trinajstić information content (AvgIpc) is 3.13. The van der Waals surface area contributed by atoms with Gasteiger partial charge in [0, 0.05) is 29.2 Å². The Kier molecular flexibility index (Phi) is 5.39. The van der Waals surface area contributed by atoms with Gasteiger partial charge in [-0.2, -0.15) is 0 Å². The van der Waals surface area contributed by atoms with Crippen LogP contribution in [0.5, 0.6) is 0 Å². The third-order valence-electron chi connectivity index (χ3n) is 5.16. The van der Waals surface area contributed by atoms with Crippen molar-refractivity contribution in [2.75, 3.05) is 6.61 Å². The van der Waals surface area contributed by atoms with E-state index >= 15 is 0 Å². The molecule has 3 aromatic rings. The Hall–Kier alpha value is -2.01. The molecule has 2 nitrogen and oxygen atoms in total. The number of halogens is 1. The first-order valence-corrected chi connectivity index (χ1v) is 10.1. The van der Waals surface area contributed by atoms with Crippen molar-refractivity contribution >= 4 is 11.3 Å². The maximum atomic E-state index is 13.1. The van der Waals surface area contributed by atoms with Crippen LogP contribution in [0.15, 0.2) is 54.6 Å². The molecule has 0 amide bonds. The van der Waals surface area contributed by atoms with Crippen LogP contribution < -0.4 is 0 Å². The summed E-state index contributed by atoms with van der Waals surface area (Å²) in [6.07, 6.45) is 1.95. The number of rotatable bonds is 4. The summed E-state index contributed by atoms with van der Waals surface area (Å²) in [5, 5.41) is 9.93. The van der Waals surface area contributed by atoms with Crippen LogP contribution in [0.1, 0.15) is 40.5 Å². The van der Waals surface area contributed by atoms with Gasteiger partial charge in [0.2, 0.25) is 0 Å². The Labute approximate surface area is 163 Å². The quantitative estimate of drug-likeness (QED) is 0.630. The van der Waals surface area contributed by atoms with Crippen LogP contribution in [-0.4, -0.2) is 17.8 Å². The Morgan fingerprint density at radius 3 is 2.70 bits per heavy atom. The molecule has 140 valence electrons. The maximum absolute atomic E-state index is 13.1. The minimum Gasteiger partial charge on any atom is -0.393 e. The smallest absolute Gasteiger partial charge is 0.123 e. The molecule has 1 aliphatic heterocycles. The summed E-state index contributed by atoms with van der Waals surface area (Å²) in [5.41, 5.74) is 4.72. The zero-order valence-corrected chi connectivity index (χ0v) is 16.1. The van der Waals surface area contributed by atoms with Crippen molar-refractivity contribution in [1.82, 2.24) is 0 Å². The predicted molar refractivity (Wildman–Crippen MR) is 108 cm³/mol. The molecule has 0 aliphatic carbocycles. The van der Waals surface area contributed by atoms with Crippen molar-refractivity contribution in [3.63, 3.8) is 0 Å². The number of thiophene rings is 1. The molecule has 1 N–H and O–H groups in total. The van der Waals surface area contributed by atoms with Crippen molar-refractivity contribution in [2.24, 2.45) is 0 Å². The summed E-state index contributed by atoms with van der Waals surface area (Å²) in [6, 6.07) is 17.4. The Morgan fingerprint density at radius 1 is 1.11 bits per heavy atom. The van der Waals surface area contributed by atoms with Gasteiger partial charge in [-0.15, -0.1) is 11.3 Å². The molecule has 0 spiro atoms. The van der Waals surface area contributed by atoms with Gasteiger partial charge in [0.1, 0.15) is 5.82 Å². The molecule has 0 radical (unpaired) electrons. The summed E-state index contributed by atoms with van der Waals surface area (Å²) < 4.78 is 19.0. The lowest BCUT2D eigenvalue weighted by Crippen LogP contribution is -2.23. The number of hydrogen-bond donors (Lipinski definition) is 1. The van der Waals surface area contributed by atoms with E-state index in [9.17, 15) is 9.50 Å². The van der Waals surface area contributed by atoms with Crippen molar-refractivity contribution in [2.45, 2.75) is 38.4 Å². The first kappa shape index (κ1) is 18.4. The van der Waals surface area contributed by atoms with Gasteiger partial charge in [0.05, 0.1) is 12.2 Å². The lowest BCUT2D eigenvalue weighted by Gasteiger charge is -2.27. The molecule has 2 aromatic carbocycles. The van der Waals surface area contributed by atoms with Crippen molar-refractivity contribution in [3.05, 3.63) is 82.0 Å². The molecular formula is C23H23FO2S. The van der Waals surface area contributed by atoms with E-state index in [4.69, 9.17) is 4.74 Å². The van der Waals surface area contributed by atoms with Crippen LogP contribution >= 0.6 is 11.3 Å². The second-order valence-electron chi connectivity index (χ2n) is 7.17. The van der Waals surface area contributed by atoms with Crippen LogP contribution in [0, 0.1) is 12.7 Å². The lowest BCUT2D eigenvalue weighted by atomic mass is 9.95. The van der Waals surface area contributed by atoms with Crippen molar-refractivity contribution < 1.29 is 14.2 Å². The summed E-state index contributed by atoms with van der Waals surface area (Å²) in [4.78, 5) is 2.43. The monoisotopic (exact) mass is 382 g/mol. The second kappa shape index (κ2) is 7.93. The van der Waals surface area contributed by atoms with Gasteiger partial charge in [-0.05, 0) is 59.9 Å². The predicted octanol–water partition coefficient (Wildman–Crippen LogP) is 5.67. The molecule has 2 heterocycles. The van der Waals surface area contributed by atoms with E-state index in [-0.39, 0.29) is 18.0 Å². The van der Waals surface area contributed by atoms with E-state index < -0.39 is 0 Å².